The molecule has 6 rings (SSSR count). The Morgan fingerprint density at radius 1 is 0.804 bits per heavy atom. The van der Waals surface area contributed by atoms with Crippen LogP contribution in [0.5, 0.6) is 0 Å². The quantitative estimate of drug-likeness (QED) is 0.0855. The third kappa shape index (κ3) is 6.13. The number of ether oxygens (including phenoxy) is 1. The molecule has 1 aliphatic heterocycles. The van der Waals surface area contributed by atoms with Crippen LogP contribution in [0.4, 0.5) is 10.1 Å². The van der Waals surface area contributed by atoms with Crippen molar-refractivity contribution in [1.82, 2.24) is 4.72 Å². The van der Waals surface area contributed by atoms with Crippen molar-refractivity contribution in [3.63, 3.8) is 0 Å². The van der Waals surface area contributed by atoms with E-state index in [2.05, 4.69) is 11.3 Å². The average molecular weight is 701 g/mol. The zero-order chi connectivity index (χ0) is 36.4. The lowest BCUT2D eigenvalue weighted by Crippen LogP contribution is -2.61. The maximum Gasteiger partial charge on any atom is 0.334 e. The van der Waals surface area contributed by atoms with E-state index in [4.69, 9.17) is 4.74 Å². The Bertz CT molecular complexity index is 1970. The molecule has 8 heteroatoms. The molecule has 0 unspecified atom stereocenters. The predicted octanol–water partition coefficient (Wildman–Crippen LogP) is 8.31. The molecule has 1 aliphatic rings. The van der Waals surface area contributed by atoms with Gasteiger partial charge in [-0.3, -0.25) is 9.69 Å². The smallest absolute Gasteiger partial charge is 0.334 e. The number of carbonyl (C=O) groups is 2. The van der Waals surface area contributed by atoms with Gasteiger partial charge >= 0.3 is 5.97 Å². The Morgan fingerprint density at radius 2 is 1.27 bits per heavy atom. The summed E-state index contributed by atoms with van der Waals surface area (Å²) >= 11 is 0. The SMILES string of the molecule is C=C(C(=O)OCC)[C@@H](c1ccc(F)cc1)[C@]1(N[S@@](=O)C(C)(C)C)C(=O)N(C(c2ccccc2)(c2ccccc2)c2ccccc2)c2ccccc21. The van der Waals surface area contributed by atoms with Crippen LogP contribution in [0.1, 0.15) is 61.4 Å². The van der Waals surface area contributed by atoms with Crippen molar-refractivity contribution in [2.24, 2.45) is 0 Å². The van der Waals surface area contributed by atoms with Crippen LogP contribution in [-0.4, -0.2) is 27.4 Å². The van der Waals surface area contributed by atoms with Gasteiger partial charge in [-0.2, -0.15) is 0 Å². The fourth-order valence-electron chi connectivity index (χ4n) is 7.11. The van der Waals surface area contributed by atoms with Gasteiger partial charge in [0, 0.05) is 17.1 Å². The van der Waals surface area contributed by atoms with Crippen LogP contribution >= 0.6 is 0 Å². The Hall–Kier alpha value is -5.18. The largest absolute Gasteiger partial charge is 0.463 e. The van der Waals surface area contributed by atoms with E-state index in [9.17, 15) is 13.4 Å². The number of anilines is 1. The first-order valence-corrected chi connectivity index (χ1v) is 18.0. The molecule has 0 bridgehead atoms. The molecule has 1 amide bonds. The molecular formula is C43H41FN2O4S. The van der Waals surface area contributed by atoms with Crippen LogP contribution in [0.3, 0.4) is 0 Å². The van der Waals surface area contributed by atoms with Gasteiger partial charge in [0.2, 0.25) is 0 Å². The summed E-state index contributed by atoms with van der Waals surface area (Å²) in [5.74, 6) is -2.87. The van der Waals surface area contributed by atoms with Crippen molar-refractivity contribution in [1.29, 1.82) is 0 Å². The summed E-state index contributed by atoms with van der Waals surface area (Å²) in [5, 5.41) is 0. The number of hydrogen-bond acceptors (Lipinski definition) is 4. The molecular weight excluding hydrogens is 660 g/mol. The second kappa shape index (κ2) is 14.2. The number of rotatable bonds is 11. The molecule has 51 heavy (non-hydrogen) atoms. The highest BCUT2D eigenvalue weighted by atomic mass is 32.2. The molecule has 0 aliphatic carbocycles. The van der Waals surface area contributed by atoms with Crippen molar-refractivity contribution >= 4 is 28.5 Å². The summed E-state index contributed by atoms with van der Waals surface area (Å²) in [4.78, 5) is 31.9. The molecule has 0 saturated heterocycles. The number of carbonyl (C=O) groups excluding carboxylic acids is 2. The lowest BCUT2D eigenvalue weighted by Gasteiger charge is -2.46. The van der Waals surface area contributed by atoms with E-state index in [1.54, 1.807) is 11.8 Å². The number of fused-ring (bicyclic) bond motifs is 1. The van der Waals surface area contributed by atoms with Gasteiger partial charge in [0.1, 0.15) is 16.9 Å². The van der Waals surface area contributed by atoms with Crippen LogP contribution in [0.15, 0.2) is 152 Å². The topological polar surface area (TPSA) is 75.7 Å². The van der Waals surface area contributed by atoms with E-state index >= 15 is 4.79 Å². The van der Waals surface area contributed by atoms with E-state index in [1.165, 1.54) is 24.3 Å². The second-order valence-electron chi connectivity index (χ2n) is 13.5. The first-order valence-electron chi connectivity index (χ1n) is 16.9. The molecule has 260 valence electrons. The van der Waals surface area contributed by atoms with Gasteiger partial charge in [0.25, 0.3) is 5.91 Å². The molecule has 0 spiro atoms. The predicted molar refractivity (Wildman–Crippen MR) is 201 cm³/mol. The number of nitrogens with one attached hydrogen (secondary N) is 1. The average Bonchev–Trinajstić information content (AvgIpc) is 3.38. The number of para-hydroxylation sites is 1. The first kappa shape index (κ1) is 35.6. The standard InChI is InChI=1S/C43H41FN2O4S/c1-6-50-39(47)30(2)38(31-26-28-35(44)29-27-31)42(45-51(49)41(3,4)5)36-24-16-17-25-37(36)46(40(42)48)43(32-18-10-7-11-19-32,33-20-12-8-13-21-33)34-22-14-9-15-23-34/h7-29,38,45H,2,6H2,1,3-5H3/t38-,42-,51-/m0/s1. The van der Waals surface area contributed by atoms with E-state index in [0.717, 1.165) is 16.7 Å². The molecule has 0 radical (unpaired) electrons. The van der Waals surface area contributed by atoms with Crippen molar-refractivity contribution in [3.05, 3.63) is 185 Å². The molecule has 3 atom stereocenters. The van der Waals surface area contributed by atoms with Crippen molar-refractivity contribution in [2.75, 3.05) is 11.5 Å². The van der Waals surface area contributed by atoms with Crippen LogP contribution < -0.4 is 9.62 Å². The molecule has 6 nitrogen and oxygen atoms in total. The number of benzene rings is 5. The van der Waals surface area contributed by atoms with Crippen molar-refractivity contribution in [2.45, 2.75) is 49.4 Å². The van der Waals surface area contributed by atoms with Gasteiger partial charge in [0.15, 0.2) is 0 Å². The van der Waals surface area contributed by atoms with Gasteiger partial charge in [-0.05, 0) is 68.1 Å². The van der Waals surface area contributed by atoms with Crippen LogP contribution in [0.25, 0.3) is 0 Å². The van der Waals surface area contributed by atoms with E-state index < -0.39 is 50.4 Å². The number of halogens is 1. The summed E-state index contributed by atoms with van der Waals surface area (Å²) in [6.45, 7) is 11.4. The van der Waals surface area contributed by atoms with Gasteiger partial charge in [-0.25, -0.2) is 18.1 Å². The number of hydrogen-bond donors (Lipinski definition) is 1. The summed E-state index contributed by atoms with van der Waals surface area (Å²) in [7, 11) is -1.87. The highest BCUT2D eigenvalue weighted by Crippen LogP contribution is 2.57. The molecule has 5 aromatic carbocycles. The third-order valence-corrected chi connectivity index (χ3v) is 11.0. The van der Waals surface area contributed by atoms with Gasteiger partial charge in [-0.1, -0.05) is 128 Å². The molecule has 0 saturated carbocycles. The lowest BCUT2D eigenvalue weighted by atomic mass is 9.71. The minimum absolute atomic E-state index is 0.0448. The Morgan fingerprint density at radius 3 is 1.75 bits per heavy atom. The highest BCUT2D eigenvalue weighted by molar-refractivity contribution is 7.84. The minimum atomic E-state index is -1.89. The van der Waals surface area contributed by atoms with Crippen molar-refractivity contribution < 1.29 is 22.9 Å². The van der Waals surface area contributed by atoms with Gasteiger partial charge in [0.05, 0.1) is 28.0 Å². The van der Waals surface area contributed by atoms with Crippen LogP contribution in [-0.2, 0) is 36.4 Å². The summed E-state index contributed by atoms with van der Waals surface area (Å²) < 4.78 is 36.9. The van der Waals surface area contributed by atoms with Gasteiger partial charge in [-0.15, -0.1) is 0 Å². The summed E-state index contributed by atoms with van der Waals surface area (Å²) in [5.41, 5.74) is 0.671. The maximum absolute atomic E-state index is 16.3. The van der Waals surface area contributed by atoms with E-state index in [-0.39, 0.29) is 12.2 Å². The zero-order valence-electron chi connectivity index (χ0n) is 29.1. The molecule has 0 aromatic heterocycles. The molecule has 5 aromatic rings. The Balaban J connectivity index is 1.77. The summed E-state index contributed by atoms with van der Waals surface area (Å²) in [6, 6.07) is 42.3. The molecule has 1 N–H and O–H groups in total. The molecule has 0 fully saturated rings. The fraction of sp³-hybridized carbons (Fsp3) is 0.209. The number of esters is 1. The van der Waals surface area contributed by atoms with Crippen LogP contribution in [0, 0.1) is 5.82 Å². The van der Waals surface area contributed by atoms with Crippen LogP contribution in [0.2, 0.25) is 0 Å². The summed E-state index contributed by atoms with van der Waals surface area (Å²) in [6.07, 6.45) is 0. The maximum atomic E-state index is 16.3. The van der Waals surface area contributed by atoms with E-state index in [0.29, 0.717) is 16.8 Å². The van der Waals surface area contributed by atoms with Gasteiger partial charge < -0.3 is 4.74 Å². The minimum Gasteiger partial charge on any atom is -0.463 e. The lowest BCUT2D eigenvalue weighted by molar-refractivity contribution is -0.139. The normalized spacial score (nSPS) is 17.0. The first-order chi connectivity index (χ1) is 24.5. The monoisotopic (exact) mass is 700 g/mol. The van der Waals surface area contributed by atoms with E-state index in [1.807, 2.05) is 136 Å². The second-order valence-corrected chi connectivity index (χ2v) is 15.5. The molecule has 1 heterocycles. The highest BCUT2D eigenvalue weighted by Gasteiger charge is 2.63. The Labute approximate surface area is 301 Å². The third-order valence-electron chi connectivity index (χ3n) is 9.35. The fourth-order valence-corrected chi connectivity index (χ4v) is 8.02. The number of nitrogens with zero attached hydrogens (tertiary/aromatic N) is 1. The Kier molecular flexibility index (Phi) is 9.93. The van der Waals surface area contributed by atoms with Crippen molar-refractivity contribution in [3.8, 4) is 0 Å². The number of amides is 1. The zero-order valence-corrected chi connectivity index (χ0v) is 30.0.